The Morgan fingerprint density at radius 3 is 2.38 bits per heavy atom. The number of phenolic OH excluding ortho intramolecular Hbond substituents is 1. The molecule has 2 heterocycles. The standard InChI is InChI=1S/C29H26F3NO4/c1-18-7-5-6-16-33(18)17-23-24(34)15-14-22-25(35)27(28(29(30,31)32)37-26(22)23)36-21-12-10-20(11-13-21)19-8-3-2-4-9-19/h2-4,8-15,18,34H,5-7,16-17H2,1H3/p+1/t18-/m0/s1. The number of alkyl halides is 3. The van der Waals surface area contributed by atoms with Gasteiger partial charge in [0.25, 0.3) is 5.76 Å². The second-order valence-electron chi connectivity index (χ2n) is 9.50. The molecule has 3 aromatic carbocycles. The van der Waals surface area contributed by atoms with Crippen LogP contribution in [-0.4, -0.2) is 17.7 Å². The number of rotatable bonds is 5. The minimum atomic E-state index is -4.99. The van der Waals surface area contributed by atoms with Gasteiger partial charge in [0, 0.05) is 0 Å². The lowest BCUT2D eigenvalue weighted by Crippen LogP contribution is -3.14. The van der Waals surface area contributed by atoms with E-state index in [0.717, 1.165) is 41.8 Å². The molecule has 37 heavy (non-hydrogen) atoms. The van der Waals surface area contributed by atoms with E-state index in [2.05, 4.69) is 6.92 Å². The number of likely N-dealkylation sites (tertiary alicyclic amines) is 1. The average molecular weight is 511 g/mol. The number of aromatic hydroxyl groups is 1. The fourth-order valence-corrected chi connectivity index (χ4v) is 4.94. The molecule has 0 radical (unpaired) electrons. The Morgan fingerprint density at radius 2 is 1.70 bits per heavy atom. The van der Waals surface area contributed by atoms with Crippen LogP contribution in [0.5, 0.6) is 17.2 Å². The van der Waals surface area contributed by atoms with Crippen molar-refractivity contribution in [2.45, 2.75) is 44.9 Å². The SMILES string of the molecule is C[C@H]1CCCC[NH+]1Cc1c(O)ccc2c(=O)c(Oc3ccc(-c4ccccc4)cc3)c(C(F)(F)F)oc12. The van der Waals surface area contributed by atoms with E-state index < -0.39 is 23.1 Å². The second kappa shape index (κ2) is 9.94. The Bertz CT molecular complexity index is 1460. The molecule has 2 N–H and O–H groups in total. The molecular weight excluding hydrogens is 483 g/mol. The van der Waals surface area contributed by atoms with Gasteiger partial charge >= 0.3 is 6.18 Å². The van der Waals surface area contributed by atoms with E-state index in [9.17, 15) is 23.1 Å². The van der Waals surface area contributed by atoms with Gasteiger partial charge in [-0.3, -0.25) is 4.79 Å². The molecule has 0 spiro atoms. The van der Waals surface area contributed by atoms with Gasteiger partial charge in [-0.05, 0) is 61.6 Å². The van der Waals surface area contributed by atoms with Gasteiger partial charge < -0.3 is 19.2 Å². The van der Waals surface area contributed by atoms with Gasteiger partial charge in [-0.2, -0.15) is 13.2 Å². The molecule has 0 aliphatic carbocycles. The summed E-state index contributed by atoms with van der Waals surface area (Å²) >= 11 is 0. The van der Waals surface area contributed by atoms with Gasteiger partial charge in [-0.1, -0.05) is 42.5 Å². The Kier molecular flexibility index (Phi) is 6.69. The highest BCUT2D eigenvalue weighted by molar-refractivity contribution is 5.83. The molecular formula is C29H27F3NO4+. The molecule has 192 valence electrons. The first-order valence-corrected chi connectivity index (χ1v) is 12.3. The molecule has 1 aliphatic heterocycles. The summed E-state index contributed by atoms with van der Waals surface area (Å²) in [5, 5.41) is 10.5. The highest BCUT2D eigenvalue weighted by Gasteiger charge is 2.41. The number of nitrogens with one attached hydrogen (secondary N) is 1. The molecule has 5 nitrogen and oxygen atoms in total. The van der Waals surface area contributed by atoms with Crippen molar-refractivity contribution in [2.75, 3.05) is 6.54 Å². The Hall–Kier alpha value is -3.78. The van der Waals surface area contributed by atoms with Crippen LogP contribution in [0.3, 0.4) is 0 Å². The van der Waals surface area contributed by atoms with E-state index in [1.807, 2.05) is 30.3 Å². The van der Waals surface area contributed by atoms with E-state index in [4.69, 9.17) is 9.15 Å². The lowest BCUT2D eigenvalue weighted by molar-refractivity contribution is -0.941. The monoisotopic (exact) mass is 510 g/mol. The minimum absolute atomic E-state index is 0.0687. The van der Waals surface area contributed by atoms with Crippen LogP contribution in [0.25, 0.3) is 22.1 Å². The van der Waals surface area contributed by atoms with Crippen LogP contribution in [0.4, 0.5) is 13.2 Å². The molecule has 1 unspecified atom stereocenters. The van der Waals surface area contributed by atoms with Gasteiger partial charge in [-0.15, -0.1) is 0 Å². The van der Waals surface area contributed by atoms with Crippen molar-refractivity contribution in [2.24, 2.45) is 0 Å². The van der Waals surface area contributed by atoms with Gasteiger partial charge in [0.15, 0.2) is 5.58 Å². The summed E-state index contributed by atoms with van der Waals surface area (Å²) in [6.07, 6.45) is -1.92. The lowest BCUT2D eigenvalue weighted by Gasteiger charge is -2.30. The Balaban J connectivity index is 1.57. The zero-order chi connectivity index (χ0) is 26.2. The summed E-state index contributed by atoms with van der Waals surface area (Å²) in [5.74, 6) is -2.57. The molecule has 1 saturated heterocycles. The Labute approximate surface area is 211 Å². The van der Waals surface area contributed by atoms with Crippen molar-refractivity contribution < 1.29 is 32.3 Å². The number of phenols is 1. The van der Waals surface area contributed by atoms with E-state index >= 15 is 0 Å². The molecule has 1 fully saturated rings. The van der Waals surface area contributed by atoms with Crippen LogP contribution in [0, 0.1) is 0 Å². The summed E-state index contributed by atoms with van der Waals surface area (Å²) in [5.41, 5.74) is 0.789. The van der Waals surface area contributed by atoms with Crippen LogP contribution in [-0.2, 0) is 12.7 Å². The highest BCUT2D eigenvalue weighted by atomic mass is 19.4. The topological polar surface area (TPSA) is 64.1 Å². The molecule has 8 heteroatoms. The van der Waals surface area contributed by atoms with Crippen LogP contribution in [0.15, 0.2) is 75.9 Å². The smallest absolute Gasteiger partial charge is 0.453 e. The van der Waals surface area contributed by atoms with Gasteiger partial charge in [0.2, 0.25) is 11.2 Å². The number of benzene rings is 3. The molecule has 2 atom stereocenters. The summed E-state index contributed by atoms with van der Waals surface area (Å²) in [6, 6.07) is 18.8. The number of piperidine rings is 1. The lowest BCUT2D eigenvalue weighted by atomic mass is 10.0. The van der Waals surface area contributed by atoms with E-state index in [1.165, 1.54) is 24.3 Å². The van der Waals surface area contributed by atoms with E-state index in [-0.39, 0.29) is 40.6 Å². The predicted octanol–water partition coefficient (Wildman–Crippen LogP) is 5.93. The van der Waals surface area contributed by atoms with Crippen LogP contribution >= 0.6 is 0 Å². The quantitative estimate of drug-likeness (QED) is 0.349. The van der Waals surface area contributed by atoms with Crippen molar-refractivity contribution in [1.29, 1.82) is 0 Å². The first kappa shape index (κ1) is 24.9. The maximum absolute atomic E-state index is 14.1. The first-order chi connectivity index (χ1) is 17.7. The molecule has 1 aliphatic rings. The van der Waals surface area contributed by atoms with Crippen molar-refractivity contribution in [3.05, 3.63) is 88.3 Å². The molecule has 1 aromatic heterocycles. The third-order valence-electron chi connectivity index (χ3n) is 7.02. The summed E-state index contributed by atoms with van der Waals surface area (Å²) in [4.78, 5) is 14.5. The number of quaternary nitrogens is 1. The average Bonchev–Trinajstić information content (AvgIpc) is 2.88. The Morgan fingerprint density at radius 1 is 1.00 bits per heavy atom. The molecule has 4 aromatic rings. The maximum Gasteiger partial charge on any atom is 0.453 e. The van der Waals surface area contributed by atoms with Gasteiger partial charge in [0.05, 0.1) is 23.5 Å². The normalized spacial score (nSPS) is 18.2. The van der Waals surface area contributed by atoms with E-state index in [1.54, 1.807) is 12.1 Å². The fraction of sp³-hybridized carbons (Fsp3) is 0.276. The summed E-state index contributed by atoms with van der Waals surface area (Å²) < 4.78 is 53.2. The predicted molar refractivity (Wildman–Crippen MR) is 134 cm³/mol. The fourth-order valence-electron chi connectivity index (χ4n) is 4.94. The largest absolute Gasteiger partial charge is 0.507 e. The van der Waals surface area contributed by atoms with Crippen LogP contribution in [0.1, 0.15) is 37.5 Å². The van der Waals surface area contributed by atoms with Crippen molar-refractivity contribution >= 4 is 11.0 Å². The number of fused-ring (bicyclic) bond motifs is 1. The molecule has 0 amide bonds. The minimum Gasteiger partial charge on any atom is -0.507 e. The highest BCUT2D eigenvalue weighted by Crippen LogP contribution is 2.40. The van der Waals surface area contributed by atoms with Gasteiger partial charge in [-0.25, -0.2) is 0 Å². The van der Waals surface area contributed by atoms with E-state index in [0.29, 0.717) is 0 Å². The third kappa shape index (κ3) is 5.06. The van der Waals surface area contributed by atoms with Crippen LogP contribution < -0.4 is 15.1 Å². The second-order valence-corrected chi connectivity index (χ2v) is 9.50. The number of halogens is 3. The first-order valence-electron chi connectivity index (χ1n) is 12.3. The number of hydrogen-bond donors (Lipinski definition) is 2. The van der Waals surface area contributed by atoms with Gasteiger partial charge in [0.1, 0.15) is 18.0 Å². The van der Waals surface area contributed by atoms with Crippen LogP contribution in [0.2, 0.25) is 0 Å². The third-order valence-corrected chi connectivity index (χ3v) is 7.02. The molecule has 0 bridgehead atoms. The number of ether oxygens (including phenoxy) is 1. The zero-order valence-corrected chi connectivity index (χ0v) is 20.3. The number of hydrogen-bond acceptors (Lipinski definition) is 4. The molecule has 0 saturated carbocycles. The van der Waals surface area contributed by atoms with Crippen molar-refractivity contribution in [1.82, 2.24) is 0 Å². The zero-order valence-electron chi connectivity index (χ0n) is 20.3. The maximum atomic E-state index is 14.1. The summed E-state index contributed by atoms with van der Waals surface area (Å²) in [6.45, 7) is 3.16. The van der Waals surface area contributed by atoms with Crippen molar-refractivity contribution in [3.8, 4) is 28.4 Å². The molecule has 5 rings (SSSR count). The van der Waals surface area contributed by atoms with Crippen molar-refractivity contribution in [3.63, 3.8) is 0 Å². The summed E-state index contributed by atoms with van der Waals surface area (Å²) in [7, 11) is 0.